The summed E-state index contributed by atoms with van der Waals surface area (Å²) in [7, 11) is 0. The molecule has 0 bridgehead atoms. The van der Waals surface area contributed by atoms with Crippen molar-refractivity contribution >= 4 is 33.7 Å². The molecule has 0 saturated heterocycles. The van der Waals surface area contributed by atoms with E-state index in [1.807, 2.05) is 12.1 Å². The molecule has 1 spiro atoms. The third kappa shape index (κ3) is 4.60. The van der Waals surface area contributed by atoms with Crippen molar-refractivity contribution in [3.05, 3.63) is 234 Å². The van der Waals surface area contributed by atoms with Crippen molar-refractivity contribution in [2.45, 2.75) is 5.41 Å². The minimum Gasteiger partial charge on any atom is -0.310 e. The van der Waals surface area contributed by atoms with Crippen LogP contribution in [0, 0.1) is 5.41 Å². The van der Waals surface area contributed by atoms with E-state index in [0.717, 1.165) is 45.0 Å². The van der Waals surface area contributed by atoms with Crippen LogP contribution in [0.5, 0.6) is 0 Å². The summed E-state index contributed by atoms with van der Waals surface area (Å²) in [6, 6.07) is 71.8. The molecule has 0 saturated carbocycles. The van der Waals surface area contributed by atoms with E-state index >= 15 is 0 Å². The van der Waals surface area contributed by atoms with Gasteiger partial charge in [0, 0.05) is 23.0 Å². The summed E-state index contributed by atoms with van der Waals surface area (Å²) in [5.41, 5.74) is 15.3. The molecule has 3 nitrogen and oxygen atoms in total. The van der Waals surface area contributed by atoms with Gasteiger partial charge in [0.1, 0.15) is 5.84 Å². The van der Waals surface area contributed by atoms with Crippen molar-refractivity contribution in [2.24, 2.45) is 0 Å². The molecule has 0 unspecified atom stereocenters. The highest BCUT2D eigenvalue weighted by molar-refractivity contribution is 6.05. The lowest BCUT2D eigenvalue weighted by Gasteiger charge is -2.45. The van der Waals surface area contributed by atoms with Crippen LogP contribution in [0.2, 0.25) is 0 Å². The Hall–Kier alpha value is -7.23. The van der Waals surface area contributed by atoms with Gasteiger partial charge in [-0.2, -0.15) is 0 Å². The third-order valence-electron chi connectivity index (χ3n) is 11.6. The molecule has 0 radical (unpaired) electrons. The van der Waals surface area contributed by atoms with Crippen LogP contribution < -0.4 is 4.90 Å². The SMILES string of the molecule is N=C(c1ccc2c(c1)C1(c3cc4ccccc4cc3-2)c2ccccc2N(c2ccccc2)c2ccccc21)n1cc(-c2ccccc2)cc1-c1ccccc1. The molecule has 1 aromatic heterocycles. The Balaban J connectivity index is 1.19. The number of hydrogen-bond acceptors (Lipinski definition) is 2. The monoisotopic (exact) mass is 701 g/mol. The highest BCUT2D eigenvalue weighted by Gasteiger charge is 2.52. The lowest BCUT2D eigenvalue weighted by molar-refractivity contribution is 0.753. The van der Waals surface area contributed by atoms with Crippen molar-refractivity contribution in [3.8, 4) is 33.5 Å². The number of nitrogens with zero attached hydrogens (tertiary/aromatic N) is 2. The molecule has 1 N–H and O–H groups in total. The normalized spacial score (nSPS) is 13.3. The summed E-state index contributed by atoms with van der Waals surface area (Å²) in [6.07, 6.45) is 2.12. The van der Waals surface area contributed by atoms with Gasteiger partial charge in [-0.1, -0.05) is 152 Å². The Bertz CT molecular complexity index is 2890. The zero-order chi connectivity index (χ0) is 36.5. The van der Waals surface area contributed by atoms with Gasteiger partial charge in [0.2, 0.25) is 0 Å². The first kappa shape index (κ1) is 31.3. The van der Waals surface area contributed by atoms with Crippen molar-refractivity contribution < 1.29 is 0 Å². The highest BCUT2D eigenvalue weighted by Crippen LogP contribution is 2.63. The first-order valence-electron chi connectivity index (χ1n) is 18.8. The van der Waals surface area contributed by atoms with Gasteiger partial charge < -0.3 is 9.47 Å². The molecule has 1 aliphatic heterocycles. The number of aromatic nitrogens is 1. The lowest BCUT2D eigenvalue weighted by Crippen LogP contribution is -2.36. The molecular weight excluding hydrogens is 667 g/mol. The summed E-state index contributed by atoms with van der Waals surface area (Å²) < 4.78 is 2.06. The van der Waals surface area contributed by atoms with Crippen LogP contribution in [0.1, 0.15) is 27.8 Å². The molecule has 0 atom stereocenters. The van der Waals surface area contributed by atoms with Crippen molar-refractivity contribution in [1.29, 1.82) is 5.41 Å². The molecule has 55 heavy (non-hydrogen) atoms. The van der Waals surface area contributed by atoms with Crippen LogP contribution in [-0.4, -0.2) is 10.4 Å². The molecule has 1 aliphatic carbocycles. The van der Waals surface area contributed by atoms with E-state index in [4.69, 9.17) is 0 Å². The molecule has 8 aromatic carbocycles. The van der Waals surface area contributed by atoms with E-state index < -0.39 is 5.41 Å². The zero-order valence-electron chi connectivity index (χ0n) is 30.0. The maximum atomic E-state index is 9.97. The second-order valence-electron chi connectivity index (χ2n) is 14.5. The lowest BCUT2D eigenvalue weighted by atomic mass is 9.64. The van der Waals surface area contributed by atoms with Crippen LogP contribution in [0.3, 0.4) is 0 Å². The van der Waals surface area contributed by atoms with E-state index in [2.05, 4.69) is 204 Å². The van der Waals surface area contributed by atoms with Gasteiger partial charge in [0.25, 0.3) is 0 Å². The number of benzene rings is 8. The van der Waals surface area contributed by atoms with E-state index in [9.17, 15) is 5.41 Å². The largest absolute Gasteiger partial charge is 0.310 e. The Kier molecular flexibility index (Phi) is 6.92. The Labute approximate surface area is 320 Å². The minimum atomic E-state index is -0.627. The fourth-order valence-corrected chi connectivity index (χ4v) is 9.24. The predicted octanol–water partition coefficient (Wildman–Crippen LogP) is 13.0. The van der Waals surface area contributed by atoms with Gasteiger partial charge in [-0.25, -0.2) is 0 Å². The zero-order valence-corrected chi connectivity index (χ0v) is 30.0. The maximum absolute atomic E-state index is 9.97. The molecule has 2 heterocycles. The number of rotatable bonds is 4. The number of anilines is 3. The van der Waals surface area contributed by atoms with E-state index in [0.29, 0.717) is 5.84 Å². The fourth-order valence-electron chi connectivity index (χ4n) is 9.24. The summed E-state index contributed by atoms with van der Waals surface area (Å²) in [5, 5.41) is 12.4. The molecule has 0 fully saturated rings. The van der Waals surface area contributed by atoms with Gasteiger partial charge in [-0.15, -0.1) is 0 Å². The molecule has 258 valence electrons. The van der Waals surface area contributed by atoms with Gasteiger partial charge >= 0.3 is 0 Å². The van der Waals surface area contributed by atoms with Crippen LogP contribution in [0.15, 0.2) is 206 Å². The van der Waals surface area contributed by atoms with Crippen LogP contribution in [-0.2, 0) is 5.41 Å². The van der Waals surface area contributed by atoms with Gasteiger partial charge in [-0.05, 0) is 104 Å². The molecule has 3 heteroatoms. The van der Waals surface area contributed by atoms with Crippen molar-refractivity contribution in [3.63, 3.8) is 0 Å². The van der Waals surface area contributed by atoms with Gasteiger partial charge in [0.15, 0.2) is 0 Å². The quantitative estimate of drug-likeness (QED) is 0.144. The van der Waals surface area contributed by atoms with Gasteiger partial charge in [0.05, 0.1) is 22.5 Å². The van der Waals surface area contributed by atoms with Gasteiger partial charge in [-0.3, -0.25) is 5.41 Å². The summed E-state index contributed by atoms with van der Waals surface area (Å²) >= 11 is 0. The molecule has 2 aliphatic rings. The fraction of sp³-hybridized carbons (Fsp3) is 0.0192. The number of fused-ring (bicyclic) bond motifs is 10. The van der Waals surface area contributed by atoms with Crippen molar-refractivity contribution in [1.82, 2.24) is 4.57 Å². The first-order chi connectivity index (χ1) is 27.2. The topological polar surface area (TPSA) is 32.0 Å². The Morgan fingerprint density at radius 2 is 0.964 bits per heavy atom. The summed E-state index contributed by atoms with van der Waals surface area (Å²) in [5.74, 6) is 0.434. The smallest absolute Gasteiger partial charge is 0.136 e. The van der Waals surface area contributed by atoms with Crippen molar-refractivity contribution in [2.75, 3.05) is 4.90 Å². The Morgan fingerprint density at radius 1 is 0.418 bits per heavy atom. The third-order valence-corrected chi connectivity index (χ3v) is 11.6. The summed E-state index contributed by atoms with van der Waals surface area (Å²) in [4.78, 5) is 2.41. The standard InChI is InChI=1S/C52H35N3/c53-51(54-34-40(35-16-4-1-5-17-35)33-50(54)36-18-6-2-7-19-36)39-28-29-42-43-30-37-20-10-11-21-38(37)31-47(43)52(46(42)32-39)44-24-12-14-26-48(44)55(41-22-8-3-9-23-41)49-27-15-13-25-45(49)52/h1-34,53H. The predicted molar refractivity (Wildman–Crippen MR) is 227 cm³/mol. The molecule has 11 rings (SSSR count). The molecular formula is C52H35N3. The minimum absolute atomic E-state index is 0.434. The van der Waals surface area contributed by atoms with Crippen LogP contribution >= 0.6 is 0 Å². The number of para-hydroxylation sites is 3. The first-order valence-corrected chi connectivity index (χ1v) is 18.8. The molecule has 9 aromatic rings. The number of nitrogens with one attached hydrogen (secondary N) is 1. The Morgan fingerprint density at radius 3 is 1.64 bits per heavy atom. The second kappa shape index (κ2) is 12.2. The molecule has 0 amide bonds. The maximum Gasteiger partial charge on any atom is 0.136 e. The number of hydrogen-bond donors (Lipinski definition) is 1. The second-order valence-corrected chi connectivity index (χ2v) is 14.5. The average molecular weight is 702 g/mol. The van der Waals surface area contributed by atoms with E-state index in [-0.39, 0.29) is 0 Å². The summed E-state index contributed by atoms with van der Waals surface area (Å²) in [6.45, 7) is 0. The van der Waals surface area contributed by atoms with E-state index in [1.165, 1.54) is 44.2 Å². The highest BCUT2D eigenvalue weighted by atomic mass is 15.2. The van der Waals surface area contributed by atoms with Crippen LogP contribution in [0.25, 0.3) is 44.3 Å². The average Bonchev–Trinajstić information content (AvgIpc) is 3.82. The van der Waals surface area contributed by atoms with E-state index in [1.54, 1.807) is 0 Å². The van der Waals surface area contributed by atoms with Crippen LogP contribution in [0.4, 0.5) is 17.1 Å².